The lowest BCUT2D eigenvalue weighted by Gasteiger charge is -2.07. The Hall–Kier alpha value is -1.10. The van der Waals surface area contributed by atoms with E-state index in [2.05, 4.69) is 53.3 Å². The number of nitrogens with zero attached hydrogens (tertiary/aromatic N) is 3. The van der Waals surface area contributed by atoms with Gasteiger partial charge < -0.3 is 10.6 Å². The normalized spacial score (nSPS) is 20.6. The highest BCUT2D eigenvalue weighted by molar-refractivity contribution is 6.28. The highest BCUT2D eigenvalue weighted by Crippen LogP contribution is 2.68. The summed E-state index contributed by atoms with van der Waals surface area (Å²) in [6.45, 7) is 10.0. The Morgan fingerprint density at radius 1 is 1.06 bits per heavy atom. The molecule has 1 aliphatic rings. The molecule has 100 valence electrons. The van der Waals surface area contributed by atoms with E-state index in [4.69, 9.17) is 11.6 Å². The van der Waals surface area contributed by atoms with Gasteiger partial charge in [-0.3, -0.25) is 0 Å². The standard InChI is InChI=1S/C12H20ClN5/c1-11(2)7(12(11,3)4)6-15-10-17-8(13)16-9(14-5)18-10/h7H,6H2,1-5H3,(H2,14,15,16,17,18). The van der Waals surface area contributed by atoms with Crippen molar-refractivity contribution in [3.8, 4) is 0 Å². The van der Waals surface area contributed by atoms with E-state index in [9.17, 15) is 0 Å². The van der Waals surface area contributed by atoms with Gasteiger partial charge in [0.25, 0.3) is 0 Å². The second kappa shape index (κ2) is 4.23. The summed E-state index contributed by atoms with van der Waals surface area (Å²) in [6, 6.07) is 0. The molecule has 2 rings (SSSR count). The Bertz CT molecular complexity index is 444. The summed E-state index contributed by atoms with van der Waals surface area (Å²) in [7, 11) is 1.75. The molecule has 5 nitrogen and oxygen atoms in total. The van der Waals surface area contributed by atoms with Crippen LogP contribution in [0.1, 0.15) is 27.7 Å². The lowest BCUT2D eigenvalue weighted by Crippen LogP contribution is -2.12. The van der Waals surface area contributed by atoms with E-state index in [0.29, 0.717) is 28.6 Å². The van der Waals surface area contributed by atoms with Gasteiger partial charge in [0.2, 0.25) is 17.2 Å². The lowest BCUT2D eigenvalue weighted by molar-refractivity contribution is 0.457. The molecular weight excluding hydrogens is 250 g/mol. The van der Waals surface area contributed by atoms with E-state index in [-0.39, 0.29) is 5.28 Å². The van der Waals surface area contributed by atoms with Crippen LogP contribution in [0.3, 0.4) is 0 Å². The highest BCUT2D eigenvalue weighted by atomic mass is 35.5. The molecule has 1 heterocycles. The molecule has 6 heteroatoms. The van der Waals surface area contributed by atoms with E-state index < -0.39 is 0 Å². The van der Waals surface area contributed by atoms with Gasteiger partial charge in [-0.1, -0.05) is 27.7 Å². The van der Waals surface area contributed by atoms with Gasteiger partial charge in [-0.05, 0) is 28.3 Å². The SMILES string of the molecule is CNc1nc(Cl)nc(NCC2C(C)(C)C2(C)C)n1. The van der Waals surface area contributed by atoms with Gasteiger partial charge in [-0.15, -0.1) is 0 Å². The van der Waals surface area contributed by atoms with Gasteiger partial charge in [0.05, 0.1) is 0 Å². The summed E-state index contributed by atoms with van der Waals surface area (Å²) < 4.78 is 0. The Balaban J connectivity index is 2.02. The first-order chi connectivity index (χ1) is 8.29. The molecule has 0 radical (unpaired) electrons. The monoisotopic (exact) mass is 269 g/mol. The molecule has 0 bridgehead atoms. The van der Waals surface area contributed by atoms with Gasteiger partial charge in [0, 0.05) is 13.6 Å². The fourth-order valence-corrected chi connectivity index (χ4v) is 2.74. The topological polar surface area (TPSA) is 62.7 Å². The average molecular weight is 270 g/mol. The molecule has 2 N–H and O–H groups in total. The zero-order valence-electron chi connectivity index (χ0n) is 11.5. The molecule has 18 heavy (non-hydrogen) atoms. The number of aromatic nitrogens is 3. The van der Waals surface area contributed by atoms with Gasteiger partial charge in [0.1, 0.15) is 0 Å². The van der Waals surface area contributed by atoms with Crippen molar-refractivity contribution < 1.29 is 0 Å². The second-order valence-corrected chi connectivity index (χ2v) is 6.22. The van der Waals surface area contributed by atoms with Gasteiger partial charge >= 0.3 is 0 Å². The van der Waals surface area contributed by atoms with E-state index in [1.165, 1.54) is 0 Å². The van der Waals surface area contributed by atoms with E-state index in [1.807, 2.05) is 0 Å². The van der Waals surface area contributed by atoms with Crippen LogP contribution in [-0.2, 0) is 0 Å². The zero-order valence-corrected chi connectivity index (χ0v) is 12.3. The number of hydrogen-bond donors (Lipinski definition) is 2. The van der Waals surface area contributed by atoms with E-state index in [0.717, 1.165) is 6.54 Å². The maximum absolute atomic E-state index is 5.83. The summed E-state index contributed by atoms with van der Waals surface area (Å²) in [6.07, 6.45) is 0. The van der Waals surface area contributed by atoms with Crippen LogP contribution in [0.25, 0.3) is 0 Å². The minimum atomic E-state index is 0.200. The number of rotatable bonds is 4. The molecular formula is C12H20ClN5. The van der Waals surface area contributed by atoms with Crippen molar-refractivity contribution in [1.82, 2.24) is 15.0 Å². The van der Waals surface area contributed by atoms with Crippen LogP contribution in [0, 0.1) is 16.7 Å². The summed E-state index contributed by atoms with van der Waals surface area (Å²) in [5, 5.41) is 6.30. The summed E-state index contributed by atoms with van der Waals surface area (Å²) in [5.41, 5.74) is 0.700. The molecule has 0 aromatic carbocycles. The molecule has 1 fully saturated rings. The lowest BCUT2D eigenvalue weighted by atomic mass is 10.0. The summed E-state index contributed by atoms with van der Waals surface area (Å²) in [4.78, 5) is 12.2. The Kier molecular flexibility index (Phi) is 3.13. The van der Waals surface area contributed by atoms with Crippen LogP contribution in [-0.4, -0.2) is 28.5 Å². The van der Waals surface area contributed by atoms with Gasteiger partial charge in [-0.25, -0.2) is 0 Å². The third kappa shape index (κ3) is 2.11. The molecule has 1 aromatic rings. The van der Waals surface area contributed by atoms with Crippen LogP contribution in [0.2, 0.25) is 5.28 Å². The minimum Gasteiger partial charge on any atom is -0.357 e. The number of halogens is 1. The van der Waals surface area contributed by atoms with Crippen molar-refractivity contribution in [2.45, 2.75) is 27.7 Å². The molecule has 0 spiro atoms. The van der Waals surface area contributed by atoms with Crippen LogP contribution in [0.15, 0.2) is 0 Å². The van der Waals surface area contributed by atoms with Crippen molar-refractivity contribution in [3.05, 3.63) is 5.28 Å². The van der Waals surface area contributed by atoms with Crippen molar-refractivity contribution in [1.29, 1.82) is 0 Å². The zero-order chi connectivity index (χ0) is 13.6. The molecule has 1 aliphatic carbocycles. The Labute approximate surface area is 113 Å². The smallest absolute Gasteiger partial charge is 0.228 e. The van der Waals surface area contributed by atoms with Crippen molar-refractivity contribution in [3.63, 3.8) is 0 Å². The van der Waals surface area contributed by atoms with Crippen LogP contribution >= 0.6 is 11.6 Å². The fourth-order valence-electron chi connectivity index (χ4n) is 2.58. The first-order valence-corrected chi connectivity index (χ1v) is 6.50. The molecule has 0 amide bonds. The maximum atomic E-state index is 5.83. The maximum Gasteiger partial charge on any atom is 0.228 e. The molecule has 0 aliphatic heterocycles. The molecule has 1 aromatic heterocycles. The first kappa shape index (κ1) is 13.3. The van der Waals surface area contributed by atoms with Crippen molar-refractivity contribution in [2.75, 3.05) is 24.2 Å². The minimum absolute atomic E-state index is 0.200. The number of nitrogens with one attached hydrogen (secondary N) is 2. The third-order valence-electron chi connectivity index (χ3n) is 4.62. The molecule has 0 saturated heterocycles. The summed E-state index contributed by atoms with van der Waals surface area (Å²) in [5.74, 6) is 1.61. The van der Waals surface area contributed by atoms with Gasteiger partial charge in [0.15, 0.2) is 0 Å². The molecule has 1 saturated carbocycles. The highest BCUT2D eigenvalue weighted by Gasteiger charge is 2.64. The Morgan fingerprint density at radius 2 is 1.61 bits per heavy atom. The predicted octanol–water partition coefficient (Wildman–Crippen LogP) is 2.66. The van der Waals surface area contributed by atoms with E-state index >= 15 is 0 Å². The van der Waals surface area contributed by atoms with Crippen LogP contribution < -0.4 is 10.6 Å². The third-order valence-corrected chi connectivity index (χ3v) is 4.78. The van der Waals surface area contributed by atoms with Crippen molar-refractivity contribution >= 4 is 23.5 Å². The average Bonchev–Trinajstić information content (AvgIpc) is 2.66. The fraction of sp³-hybridized carbons (Fsp3) is 0.750. The number of anilines is 2. The second-order valence-electron chi connectivity index (χ2n) is 5.88. The van der Waals surface area contributed by atoms with Gasteiger partial charge in [-0.2, -0.15) is 15.0 Å². The Morgan fingerprint density at radius 3 is 2.11 bits per heavy atom. The quantitative estimate of drug-likeness (QED) is 0.880. The first-order valence-electron chi connectivity index (χ1n) is 6.12. The van der Waals surface area contributed by atoms with E-state index in [1.54, 1.807) is 7.05 Å². The number of hydrogen-bond acceptors (Lipinski definition) is 5. The summed E-state index contributed by atoms with van der Waals surface area (Å²) >= 11 is 5.83. The predicted molar refractivity (Wildman–Crippen MR) is 73.9 cm³/mol. The van der Waals surface area contributed by atoms with Crippen molar-refractivity contribution in [2.24, 2.45) is 16.7 Å². The largest absolute Gasteiger partial charge is 0.357 e. The van der Waals surface area contributed by atoms with Crippen LogP contribution in [0.5, 0.6) is 0 Å². The molecule has 0 unspecified atom stereocenters. The molecule has 0 atom stereocenters. The van der Waals surface area contributed by atoms with Crippen LogP contribution in [0.4, 0.5) is 11.9 Å².